The molecule has 0 unspecified atom stereocenters. The first-order valence-electron chi connectivity index (χ1n) is 8.10. The summed E-state index contributed by atoms with van der Waals surface area (Å²) in [5.74, 6) is 0.710. The van der Waals surface area contributed by atoms with Crippen molar-refractivity contribution in [3.05, 3.63) is 23.4 Å². The second kappa shape index (κ2) is 10.6. The molecule has 21 heavy (non-hydrogen) atoms. The first-order chi connectivity index (χ1) is 10.2. The zero-order chi connectivity index (χ0) is 15.5. The summed E-state index contributed by atoms with van der Waals surface area (Å²) < 4.78 is 11.2. The van der Waals surface area contributed by atoms with Gasteiger partial charge in [0.1, 0.15) is 6.61 Å². The van der Waals surface area contributed by atoms with Gasteiger partial charge in [0.15, 0.2) is 0 Å². The lowest BCUT2D eigenvalue weighted by atomic mass is 10.1. The molecule has 0 aliphatic carbocycles. The monoisotopic (exact) mass is 294 g/mol. The third-order valence-corrected chi connectivity index (χ3v) is 2.96. The molecular formula is C17H30N2O2. The number of hydrogen-bond acceptors (Lipinski definition) is 4. The van der Waals surface area contributed by atoms with Crippen LogP contribution < -0.4 is 10.1 Å². The summed E-state index contributed by atoms with van der Waals surface area (Å²) in [6, 6.07) is 4.20. The molecule has 0 atom stereocenters. The Morgan fingerprint density at radius 2 is 1.95 bits per heavy atom. The van der Waals surface area contributed by atoms with Crippen molar-refractivity contribution in [1.29, 1.82) is 0 Å². The van der Waals surface area contributed by atoms with Gasteiger partial charge in [-0.05, 0) is 44.9 Å². The van der Waals surface area contributed by atoms with Gasteiger partial charge in [0.2, 0.25) is 5.88 Å². The van der Waals surface area contributed by atoms with Gasteiger partial charge in [0.25, 0.3) is 0 Å². The summed E-state index contributed by atoms with van der Waals surface area (Å²) in [6.07, 6.45) is 3.46. The van der Waals surface area contributed by atoms with Crippen LogP contribution in [0, 0.1) is 0 Å². The molecule has 120 valence electrons. The molecular weight excluding hydrogens is 264 g/mol. The van der Waals surface area contributed by atoms with E-state index in [0.717, 1.165) is 38.0 Å². The minimum absolute atomic E-state index is 0.238. The Labute approximate surface area is 129 Å². The van der Waals surface area contributed by atoms with Crippen LogP contribution in [-0.2, 0) is 17.7 Å². The van der Waals surface area contributed by atoms with Crippen molar-refractivity contribution >= 4 is 0 Å². The summed E-state index contributed by atoms with van der Waals surface area (Å²) >= 11 is 0. The highest BCUT2D eigenvalue weighted by Crippen LogP contribution is 2.14. The largest absolute Gasteiger partial charge is 0.475 e. The number of aryl methyl sites for hydroxylation is 1. The molecule has 0 fully saturated rings. The van der Waals surface area contributed by atoms with Crippen LogP contribution >= 0.6 is 0 Å². The van der Waals surface area contributed by atoms with Crippen molar-refractivity contribution in [1.82, 2.24) is 10.3 Å². The lowest BCUT2D eigenvalue weighted by Gasteiger charge is -2.12. The van der Waals surface area contributed by atoms with Crippen LogP contribution in [0.25, 0.3) is 0 Å². The molecule has 4 heteroatoms. The van der Waals surface area contributed by atoms with E-state index in [2.05, 4.69) is 30.2 Å². The van der Waals surface area contributed by atoms with Gasteiger partial charge in [0, 0.05) is 18.3 Å². The molecule has 0 saturated carbocycles. The number of ether oxygens (including phenoxy) is 2. The van der Waals surface area contributed by atoms with Crippen molar-refractivity contribution in [2.45, 2.75) is 59.6 Å². The number of rotatable bonds is 11. The van der Waals surface area contributed by atoms with E-state index < -0.39 is 0 Å². The van der Waals surface area contributed by atoms with E-state index in [1.807, 2.05) is 19.9 Å². The van der Waals surface area contributed by atoms with Gasteiger partial charge in [-0.25, -0.2) is 4.98 Å². The second-order valence-corrected chi connectivity index (χ2v) is 5.50. The molecule has 1 aromatic heterocycles. The maximum absolute atomic E-state index is 5.73. The van der Waals surface area contributed by atoms with E-state index in [4.69, 9.17) is 9.47 Å². The smallest absolute Gasteiger partial charge is 0.213 e. The summed E-state index contributed by atoms with van der Waals surface area (Å²) in [6.45, 7) is 11.4. The Morgan fingerprint density at radius 1 is 1.14 bits per heavy atom. The molecule has 0 spiro atoms. The Bertz CT molecular complexity index is 394. The number of hydrogen-bond donors (Lipinski definition) is 1. The first-order valence-corrected chi connectivity index (χ1v) is 8.10. The van der Waals surface area contributed by atoms with Crippen molar-refractivity contribution in [3.8, 4) is 5.88 Å². The maximum Gasteiger partial charge on any atom is 0.213 e. The fourth-order valence-corrected chi connectivity index (χ4v) is 2.02. The molecule has 0 aliphatic rings. The highest BCUT2D eigenvalue weighted by molar-refractivity contribution is 5.25. The summed E-state index contributed by atoms with van der Waals surface area (Å²) in [7, 11) is 0. The lowest BCUT2D eigenvalue weighted by molar-refractivity contribution is 0.0542. The van der Waals surface area contributed by atoms with E-state index in [9.17, 15) is 0 Å². The number of aromatic nitrogens is 1. The molecule has 1 N–H and O–H groups in total. The highest BCUT2D eigenvalue weighted by Gasteiger charge is 2.04. The highest BCUT2D eigenvalue weighted by atomic mass is 16.5. The number of nitrogens with zero attached hydrogens (tertiary/aromatic N) is 1. The van der Waals surface area contributed by atoms with Crippen molar-refractivity contribution in [2.24, 2.45) is 0 Å². The van der Waals surface area contributed by atoms with E-state index in [1.165, 1.54) is 5.56 Å². The van der Waals surface area contributed by atoms with Gasteiger partial charge in [-0.15, -0.1) is 0 Å². The second-order valence-electron chi connectivity index (χ2n) is 5.50. The van der Waals surface area contributed by atoms with Crippen LogP contribution in [0.15, 0.2) is 12.1 Å². The normalized spacial score (nSPS) is 11.1. The zero-order valence-corrected chi connectivity index (χ0v) is 13.9. The molecule has 0 aliphatic heterocycles. The predicted molar refractivity (Wildman–Crippen MR) is 86.8 cm³/mol. The third-order valence-electron chi connectivity index (χ3n) is 2.96. The fourth-order valence-electron chi connectivity index (χ4n) is 2.02. The van der Waals surface area contributed by atoms with Gasteiger partial charge in [-0.2, -0.15) is 0 Å². The zero-order valence-electron chi connectivity index (χ0n) is 13.9. The molecule has 0 radical (unpaired) electrons. The van der Waals surface area contributed by atoms with Crippen molar-refractivity contribution in [2.75, 3.05) is 19.8 Å². The fraction of sp³-hybridized carbons (Fsp3) is 0.706. The Morgan fingerprint density at radius 3 is 2.62 bits per heavy atom. The van der Waals surface area contributed by atoms with Gasteiger partial charge in [-0.3, -0.25) is 0 Å². The van der Waals surface area contributed by atoms with E-state index in [0.29, 0.717) is 19.1 Å². The van der Waals surface area contributed by atoms with Crippen LogP contribution in [0.5, 0.6) is 5.88 Å². The summed E-state index contributed by atoms with van der Waals surface area (Å²) in [5.41, 5.74) is 2.34. The topological polar surface area (TPSA) is 43.4 Å². The minimum Gasteiger partial charge on any atom is -0.475 e. The molecule has 1 rings (SSSR count). The van der Waals surface area contributed by atoms with Crippen molar-refractivity contribution < 1.29 is 9.47 Å². The van der Waals surface area contributed by atoms with Crippen LogP contribution in [0.3, 0.4) is 0 Å². The lowest BCUT2D eigenvalue weighted by Crippen LogP contribution is -2.15. The molecule has 4 nitrogen and oxygen atoms in total. The number of nitrogens with one attached hydrogen (secondary N) is 1. The molecule has 0 saturated heterocycles. The summed E-state index contributed by atoms with van der Waals surface area (Å²) in [5, 5.41) is 3.42. The van der Waals surface area contributed by atoms with Crippen LogP contribution in [0.4, 0.5) is 0 Å². The Kier molecular flexibility index (Phi) is 9.02. The molecule has 1 aromatic rings. The van der Waals surface area contributed by atoms with Gasteiger partial charge >= 0.3 is 0 Å². The van der Waals surface area contributed by atoms with Gasteiger partial charge in [0.05, 0.1) is 12.7 Å². The third kappa shape index (κ3) is 8.02. The molecule has 0 bridgehead atoms. The predicted octanol–water partition coefficient (Wildman–Crippen LogP) is 3.34. The van der Waals surface area contributed by atoms with Crippen LogP contribution in [-0.4, -0.2) is 30.8 Å². The average Bonchev–Trinajstić information content (AvgIpc) is 2.44. The molecule has 0 amide bonds. The van der Waals surface area contributed by atoms with E-state index in [-0.39, 0.29) is 6.10 Å². The minimum atomic E-state index is 0.238. The van der Waals surface area contributed by atoms with Crippen LogP contribution in [0.2, 0.25) is 0 Å². The summed E-state index contributed by atoms with van der Waals surface area (Å²) in [4.78, 5) is 4.56. The molecule has 1 heterocycles. The quantitative estimate of drug-likeness (QED) is 0.636. The standard InChI is InChI=1S/C17H30N2O2/c1-5-7-16-11-15(13-18-8-6-2)12-17(19-16)21-10-9-20-14(3)4/h11-12,14,18H,5-10,13H2,1-4H3. The first kappa shape index (κ1) is 17.9. The maximum atomic E-state index is 5.73. The number of pyridine rings is 1. The average molecular weight is 294 g/mol. The SMILES string of the molecule is CCCNCc1cc(CCC)nc(OCCOC(C)C)c1. The van der Waals surface area contributed by atoms with Gasteiger partial charge < -0.3 is 14.8 Å². The van der Waals surface area contributed by atoms with E-state index >= 15 is 0 Å². The van der Waals surface area contributed by atoms with E-state index in [1.54, 1.807) is 0 Å². The Hall–Kier alpha value is -1.13. The van der Waals surface area contributed by atoms with Gasteiger partial charge in [-0.1, -0.05) is 20.3 Å². The van der Waals surface area contributed by atoms with Crippen LogP contribution in [0.1, 0.15) is 51.8 Å². The Balaban J connectivity index is 2.58. The molecule has 0 aromatic carbocycles. The van der Waals surface area contributed by atoms with Crippen molar-refractivity contribution in [3.63, 3.8) is 0 Å².